The highest BCUT2D eigenvalue weighted by atomic mass is 15.3. The second-order valence-corrected chi connectivity index (χ2v) is 10.5. The zero-order chi connectivity index (χ0) is 23.0. The van der Waals surface area contributed by atoms with E-state index in [2.05, 4.69) is 36.0 Å². The minimum atomic E-state index is 1.13. The molecular formula is C30H60N2. The van der Waals surface area contributed by atoms with Gasteiger partial charge in [0.05, 0.1) is 6.67 Å². The average Bonchev–Trinajstić information content (AvgIpc) is 3.26. The highest BCUT2D eigenvalue weighted by Gasteiger charge is 2.10. The van der Waals surface area contributed by atoms with Crippen LogP contribution in [0.2, 0.25) is 0 Å². The van der Waals surface area contributed by atoms with Crippen molar-refractivity contribution in [2.45, 2.75) is 162 Å². The van der Waals surface area contributed by atoms with Gasteiger partial charge in [-0.2, -0.15) is 0 Å². The maximum Gasteiger partial charge on any atom is 0.0893 e. The lowest BCUT2D eigenvalue weighted by Gasteiger charge is -2.21. The summed E-state index contributed by atoms with van der Waals surface area (Å²) in [4.78, 5) is 5.03. The van der Waals surface area contributed by atoms with Crippen molar-refractivity contribution in [3.63, 3.8) is 0 Å². The monoisotopic (exact) mass is 448 g/mol. The van der Waals surface area contributed by atoms with E-state index in [0.717, 1.165) is 6.67 Å². The number of rotatable bonds is 25. The molecule has 0 aromatic carbocycles. The third-order valence-electron chi connectivity index (χ3n) is 7.20. The Morgan fingerprint density at radius 3 is 0.906 bits per heavy atom. The molecule has 1 heterocycles. The van der Waals surface area contributed by atoms with Gasteiger partial charge < -0.3 is 9.80 Å². The van der Waals surface area contributed by atoms with Crippen LogP contribution in [0.25, 0.3) is 0 Å². The van der Waals surface area contributed by atoms with Gasteiger partial charge in [-0.1, -0.05) is 149 Å². The first-order valence-electron chi connectivity index (χ1n) is 15.0. The van der Waals surface area contributed by atoms with E-state index in [0.29, 0.717) is 0 Å². The number of nitrogens with zero attached hydrogens (tertiary/aromatic N) is 2. The maximum absolute atomic E-state index is 2.52. The van der Waals surface area contributed by atoms with Crippen molar-refractivity contribution in [2.24, 2.45) is 0 Å². The molecule has 0 amide bonds. The summed E-state index contributed by atoms with van der Waals surface area (Å²) in [5, 5.41) is 0. The van der Waals surface area contributed by atoms with Crippen LogP contribution in [-0.2, 0) is 0 Å². The van der Waals surface area contributed by atoms with E-state index in [1.165, 1.54) is 161 Å². The fourth-order valence-corrected chi connectivity index (χ4v) is 4.94. The van der Waals surface area contributed by atoms with Crippen molar-refractivity contribution in [3.05, 3.63) is 12.4 Å². The molecule has 0 aliphatic carbocycles. The summed E-state index contributed by atoms with van der Waals surface area (Å²) in [7, 11) is 0. The zero-order valence-corrected chi connectivity index (χ0v) is 22.4. The second-order valence-electron chi connectivity index (χ2n) is 10.5. The van der Waals surface area contributed by atoms with Crippen LogP contribution in [0.4, 0.5) is 0 Å². The largest absolute Gasteiger partial charge is 0.359 e. The van der Waals surface area contributed by atoms with Crippen LogP contribution >= 0.6 is 0 Å². The summed E-state index contributed by atoms with van der Waals surface area (Å²) < 4.78 is 0. The van der Waals surface area contributed by atoms with Crippen molar-refractivity contribution >= 4 is 0 Å². The minimum absolute atomic E-state index is 1.13. The van der Waals surface area contributed by atoms with Crippen LogP contribution in [0, 0.1) is 0 Å². The predicted octanol–water partition coefficient (Wildman–Crippen LogP) is 10.0. The van der Waals surface area contributed by atoms with Crippen LogP contribution < -0.4 is 0 Å². The first-order valence-corrected chi connectivity index (χ1v) is 15.0. The Morgan fingerprint density at radius 1 is 0.375 bits per heavy atom. The van der Waals surface area contributed by atoms with Crippen molar-refractivity contribution < 1.29 is 0 Å². The molecule has 2 nitrogen and oxygen atoms in total. The molecule has 1 aliphatic rings. The Morgan fingerprint density at radius 2 is 0.625 bits per heavy atom. The number of hydrogen-bond acceptors (Lipinski definition) is 2. The molecule has 0 N–H and O–H groups in total. The highest BCUT2D eigenvalue weighted by molar-refractivity contribution is 4.90. The fraction of sp³-hybridized carbons (Fsp3) is 0.933. The molecule has 1 aliphatic heterocycles. The Hall–Kier alpha value is -0.660. The van der Waals surface area contributed by atoms with Gasteiger partial charge in [0.1, 0.15) is 0 Å². The first kappa shape index (κ1) is 29.4. The lowest BCUT2D eigenvalue weighted by Crippen LogP contribution is -2.26. The summed E-state index contributed by atoms with van der Waals surface area (Å²) >= 11 is 0. The first-order chi connectivity index (χ1) is 15.9. The smallest absolute Gasteiger partial charge is 0.0893 e. The van der Waals surface area contributed by atoms with Crippen molar-refractivity contribution in [3.8, 4) is 0 Å². The lowest BCUT2D eigenvalue weighted by molar-refractivity contribution is 0.257. The third-order valence-corrected chi connectivity index (χ3v) is 7.20. The molecule has 0 saturated carbocycles. The maximum atomic E-state index is 2.52. The number of unbranched alkanes of at least 4 members (excludes halogenated alkanes) is 21. The summed E-state index contributed by atoms with van der Waals surface area (Å²) in [6.45, 7) is 8.24. The van der Waals surface area contributed by atoms with Gasteiger partial charge in [-0.05, 0) is 12.8 Å². The van der Waals surface area contributed by atoms with Gasteiger partial charge in [-0.3, -0.25) is 0 Å². The molecule has 0 bridgehead atoms. The van der Waals surface area contributed by atoms with Crippen LogP contribution in [0.1, 0.15) is 162 Å². The molecule has 0 fully saturated rings. The van der Waals surface area contributed by atoms with Gasteiger partial charge >= 0.3 is 0 Å². The second kappa shape index (κ2) is 23.5. The van der Waals surface area contributed by atoms with Crippen LogP contribution in [0.15, 0.2) is 12.4 Å². The summed E-state index contributed by atoms with van der Waals surface area (Å²) in [6.07, 6.45) is 37.7. The molecule has 0 aromatic rings. The van der Waals surface area contributed by atoms with Crippen molar-refractivity contribution in [1.29, 1.82) is 0 Å². The van der Waals surface area contributed by atoms with E-state index >= 15 is 0 Å². The summed E-state index contributed by atoms with van der Waals surface area (Å²) in [6, 6.07) is 0. The molecule has 32 heavy (non-hydrogen) atoms. The molecule has 0 spiro atoms. The van der Waals surface area contributed by atoms with E-state index in [1.807, 2.05) is 0 Å². The predicted molar refractivity (Wildman–Crippen MR) is 145 cm³/mol. The molecular weight excluding hydrogens is 388 g/mol. The third kappa shape index (κ3) is 18.9. The van der Waals surface area contributed by atoms with Gasteiger partial charge in [0.25, 0.3) is 0 Å². The highest BCUT2D eigenvalue weighted by Crippen LogP contribution is 2.15. The van der Waals surface area contributed by atoms with E-state index < -0.39 is 0 Å². The molecule has 0 aromatic heterocycles. The minimum Gasteiger partial charge on any atom is -0.359 e. The van der Waals surface area contributed by atoms with Gasteiger partial charge in [-0.15, -0.1) is 0 Å². The Balaban J connectivity index is 1.75. The molecule has 0 unspecified atom stereocenters. The van der Waals surface area contributed by atoms with Gasteiger partial charge in [0.2, 0.25) is 0 Å². The lowest BCUT2D eigenvalue weighted by atomic mass is 10.0. The Kier molecular flexibility index (Phi) is 21.6. The van der Waals surface area contributed by atoms with Gasteiger partial charge in [0, 0.05) is 25.5 Å². The molecule has 1 rings (SSSR count). The van der Waals surface area contributed by atoms with E-state index in [-0.39, 0.29) is 0 Å². The summed E-state index contributed by atoms with van der Waals surface area (Å²) in [5.41, 5.74) is 0. The molecule has 0 saturated heterocycles. The van der Waals surface area contributed by atoms with Crippen LogP contribution in [-0.4, -0.2) is 29.6 Å². The average molecular weight is 449 g/mol. The molecule has 2 heteroatoms. The molecule has 190 valence electrons. The standard InChI is InChI=1S/C30H60N2/c1-3-5-7-9-11-12-13-14-15-16-17-18-19-21-23-25-27-32-29-28-31(30-32)26-24-22-20-10-8-6-4-2/h28-29H,3-27,30H2,1-2H3. The topological polar surface area (TPSA) is 6.48 Å². The number of hydrogen-bond donors (Lipinski definition) is 0. The van der Waals surface area contributed by atoms with E-state index in [4.69, 9.17) is 0 Å². The van der Waals surface area contributed by atoms with Gasteiger partial charge in [0.15, 0.2) is 0 Å². The Bertz CT molecular complexity index is 392. The fourth-order valence-electron chi connectivity index (χ4n) is 4.94. The van der Waals surface area contributed by atoms with Crippen molar-refractivity contribution in [2.75, 3.05) is 19.8 Å². The van der Waals surface area contributed by atoms with Gasteiger partial charge in [-0.25, -0.2) is 0 Å². The SMILES string of the molecule is CCCCCCCCCCCCCCCCCCN1C=CN(CCCCCCCCC)C1. The van der Waals surface area contributed by atoms with Crippen molar-refractivity contribution in [1.82, 2.24) is 9.80 Å². The zero-order valence-electron chi connectivity index (χ0n) is 22.4. The van der Waals surface area contributed by atoms with E-state index in [1.54, 1.807) is 0 Å². The van der Waals surface area contributed by atoms with Crippen LogP contribution in [0.5, 0.6) is 0 Å². The quantitative estimate of drug-likeness (QED) is 0.128. The van der Waals surface area contributed by atoms with E-state index in [9.17, 15) is 0 Å². The summed E-state index contributed by atoms with van der Waals surface area (Å²) in [5.74, 6) is 0. The molecule has 0 radical (unpaired) electrons. The molecule has 0 atom stereocenters. The van der Waals surface area contributed by atoms with Crippen LogP contribution in [0.3, 0.4) is 0 Å². The normalized spacial score (nSPS) is 13.6. The Labute approximate surface area is 203 Å².